The summed E-state index contributed by atoms with van der Waals surface area (Å²) in [6, 6.07) is 8.34. The van der Waals surface area contributed by atoms with Crippen molar-refractivity contribution in [2.75, 3.05) is 11.9 Å². The Morgan fingerprint density at radius 3 is 3.00 bits per heavy atom. The van der Waals surface area contributed by atoms with Gasteiger partial charge in [0, 0.05) is 15.8 Å². The van der Waals surface area contributed by atoms with Crippen LogP contribution >= 0.6 is 22.6 Å². The van der Waals surface area contributed by atoms with Gasteiger partial charge >= 0.3 is 0 Å². The van der Waals surface area contributed by atoms with Gasteiger partial charge in [-0.2, -0.15) is 0 Å². The molecule has 1 aromatic carbocycles. The Labute approximate surface area is 87.0 Å². The highest BCUT2D eigenvalue weighted by molar-refractivity contribution is 14.1. The first-order valence-electron chi connectivity index (χ1n) is 3.93. The molecule has 1 nitrogen and oxygen atoms in total. The van der Waals surface area contributed by atoms with Crippen LogP contribution in [0.3, 0.4) is 0 Å². The minimum Gasteiger partial charge on any atom is -0.385 e. The minimum absolute atomic E-state index is 0.962. The summed E-state index contributed by atoms with van der Waals surface area (Å²) in [7, 11) is 0. The molecule has 1 rings (SSSR count). The van der Waals surface area contributed by atoms with Gasteiger partial charge in [0.25, 0.3) is 0 Å². The summed E-state index contributed by atoms with van der Waals surface area (Å²) < 4.78 is 1.26. The van der Waals surface area contributed by atoms with Crippen molar-refractivity contribution in [3.05, 3.63) is 40.5 Å². The van der Waals surface area contributed by atoms with E-state index in [0.717, 1.165) is 13.0 Å². The highest BCUT2D eigenvalue weighted by Crippen LogP contribution is 2.11. The van der Waals surface area contributed by atoms with Gasteiger partial charge in [-0.1, -0.05) is 12.1 Å². The zero-order valence-electron chi connectivity index (χ0n) is 6.89. The molecule has 0 radical (unpaired) electrons. The van der Waals surface area contributed by atoms with E-state index in [9.17, 15) is 0 Å². The van der Waals surface area contributed by atoms with Gasteiger partial charge in [0.2, 0.25) is 0 Å². The van der Waals surface area contributed by atoms with Gasteiger partial charge in [0.1, 0.15) is 0 Å². The van der Waals surface area contributed by atoms with Gasteiger partial charge in [-0.25, -0.2) is 0 Å². The summed E-state index contributed by atoms with van der Waals surface area (Å²) in [6.07, 6.45) is 2.92. The Morgan fingerprint density at radius 1 is 1.50 bits per heavy atom. The van der Waals surface area contributed by atoms with Gasteiger partial charge in [0.05, 0.1) is 0 Å². The predicted octanol–water partition coefficient (Wildman–Crippen LogP) is 3.28. The van der Waals surface area contributed by atoms with E-state index in [1.54, 1.807) is 0 Å². The maximum atomic E-state index is 3.67. The first-order chi connectivity index (χ1) is 5.83. The Morgan fingerprint density at radius 2 is 2.33 bits per heavy atom. The summed E-state index contributed by atoms with van der Waals surface area (Å²) in [5.41, 5.74) is 1.18. The Kier molecular flexibility index (Phi) is 4.14. The van der Waals surface area contributed by atoms with Crippen molar-refractivity contribution in [2.24, 2.45) is 0 Å². The van der Waals surface area contributed by atoms with Crippen molar-refractivity contribution in [1.29, 1.82) is 0 Å². The van der Waals surface area contributed by atoms with Gasteiger partial charge in [0.15, 0.2) is 0 Å². The lowest BCUT2D eigenvalue weighted by atomic mass is 10.3. The third-order valence-corrected chi connectivity index (χ3v) is 2.17. The molecule has 0 bridgehead atoms. The third-order valence-electron chi connectivity index (χ3n) is 1.50. The van der Waals surface area contributed by atoms with Crippen LogP contribution in [-0.4, -0.2) is 6.54 Å². The molecular formula is C10H12IN. The van der Waals surface area contributed by atoms with Crippen LogP contribution in [0, 0.1) is 3.57 Å². The van der Waals surface area contributed by atoms with Crippen molar-refractivity contribution in [1.82, 2.24) is 0 Å². The summed E-state index contributed by atoms with van der Waals surface area (Å²) in [4.78, 5) is 0. The number of nitrogens with one attached hydrogen (secondary N) is 1. The highest BCUT2D eigenvalue weighted by atomic mass is 127. The summed E-state index contributed by atoms with van der Waals surface area (Å²) in [6.45, 7) is 4.63. The SMILES string of the molecule is C=CCCNc1cccc(I)c1. The van der Waals surface area contributed by atoms with Crippen molar-refractivity contribution < 1.29 is 0 Å². The normalized spacial score (nSPS) is 9.42. The third kappa shape index (κ3) is 3.26. The Hall–Kier alpha value is -0.510. The second kappa shape index (κ2) is 5.19. The number of rotatable bonds is 4. The van der Waals surface area contributed by atoms with Crippen LogP contribution in [-0.2, 0) is 0 Å². The monoisotopic (exact) mass is 273 g/mol. The van der Waals surface area contributed by atoms with Gasteiger partial charge in [-0.15, -0.1) is 6.58 Å². The largest absolute Gasteiger partial charge is 0.385 e. The quantitative estimate of drug-likeness (QED) is 0.504. The van der Waals surface area contributed by atoms with Crippen molar-refractivity contribution in [3.8, 4) is 0 Å². The molecule has 0 aliphatic rings. The first kappa shape index (κ1) is 9.58. The molecule has 0 spiro atoms. The molecule has 0 aliphatic carbocycles. The van der Waals surface area contributed by atoms with Crippen molar-refractivity contribution >= 4 is 28.3 Å². The zero-order chi connectivity index (χ0) is 8.81. The summed E-state index contributed by atoms with van der Waals surface area (Å²) in [5, 5.41) is 3.31. The molecule has 2 heteroatoms. The summed E-state index contributed by atoms with van der Waals surface area (Å²) in [5.74, 6) is 0. The molecule has 0 aliphatic heterocycles. The molecule has 0 saturated carbocycles. The van der Waals surface area contributed by atoms with Crippen molar-refractivity contribution in [2.45, 2.75) is 6.42 Å². The molecule has 0 saturated heterocycles. The molecule has 0 heterocycles. The second-order valence-electron chi connectivity index (χ2n) is 2.51. The average molecular weight is 273 g/mol. The fourth-order valence-corrected chi connectivity index (χ4v) is 1.46. The molecule has 0 amide bonds. The van der Waals surface area contributed by atoms with E-state index in [1.807, 2.05) is 6.08 Å². The lowest BCUT2D eigenvalue weighted by molar-refractivity contribution is 1.07. The van der Waals surface area contributed by atoms with Crippen LogP contribution in [0.25, 0.3) is 0 Å². The van der Waals surface area contributed by atoms with E-state index in [4.69, 9.17) is 0 Å². The van der Waals surface area contributed by atoms with Gasteiger partial charge < -0.3 is 5.32 Å². The van der Waals surface area contributed by atoms with Gasteiger partial charge in [-0.3, -0.25) is 0 Å². The van der Waals surface area contributed by atoms with Crippen LogP contribution in [0.4, 0.5) is 5.69 Å². The second-order valence-corrected chi connectivity index (χ2v) is 3.76. The molecule has 0 fully saturated rings. The number of benzene rings is 1. The average Bonchev–Trinajstić information content (AvgIpc) is 2.05. The lowest BCUT2D eigenvalue weighted by Crippen LogP contribution is -1.99. The Bertz CT molecular complexity index is 258. The highest BCUT2D eigenvalue weighted by Gasteiger charge is 1.90. The van der Waals surface area contributed by atoms with E-state index >= 15 is 0 Å². The van der Waals surface area contributed by atoms with Crippen molar-refractivity contribution in [3.63, 3.8) is 0 Å². The number of hydrogen-bond acceptors (Lipinski definition) is 1. The maximum Gasteiger partial charge on any atom is 0.0350 e. The standard InChI is InChI=1S/C10H12IN/c1-2-3-7-12-10-6-4-5-9(11)8-10/h2,4-6,8,12H,1,3,7H2. The van der Waals surface area contributed by atoms with E-state index in [-0.39, 0.29) is 0 Å². The topological polar surface area (TPSA) is 12.0 Å². The molecule has 64 valence electrons. The molecular weight excluding hydrogens is 261 g/mol. The first-order valence-corrected chi connectivity index (χ1v) is 5.01. The van der Waals surface area contributed by atoms with Crippen LogP contribution in [0.15, 0.2) is 36.9 Å². The van der Waals surface area contributed by atoms with Crippen LogP contribution in [0.5, 0.6) is 0 Å². The number of anilines is 1. The fourth-order valence-electron chi connectivity index (χ4n) is 0.917. The van der Waals surface area contributed by atoms with Crippen LogP contribution in [0.1, 0.15) is 6.42 Å². The molecule has 1 N–H and O–H groups in total. The number of hydrogen-bond donors (Lipinski definition) is 1. The van der Waals surface area contributed by atoms with Gasteiger partial charge in [-0.05, 0) is 47.2 Å². The smallest absolute Gasteiger partial charge is 0.0350 e. The van der Waals surface area contributed by atoms with E-state index in [1.165, 1.54) is 9.26 Å². The van der Waals surface area contributed by atoms with E-state index in [0.29, 0.717) is 0 Å². The molecule has 12 heavy (non-hydrogen) atoms. The predicted molar refractivity (Wildman–Crippen MR) is 62.5 cm³/mol. The van der Waals surface area contributed by atoms with Crippen LogP contribution in [0.2, 0.25) is 0 Å². The molecule has 0 unspecified atom stereocenters. The summed E-state index contributed by atoms with van der Waals surface area (Å²) >= 11 is 2.31. The van der Waals surface area contributed by atoms with Crippen LogP contribution < -0.4 is 5.32 Å². The molecule has 0 aromatic heterocycles. The molecule has 0 atom stereocenters. The maximum absolute atomic E-state index is 3.67. The molecule has 1 aromatic rings. The van der Waals surface area contributed by atoms with E-state index in [2.05, 4.69) is 58.8 Å². The lowest BCUT2D eigenvalue weighted by Gasteiger charge is -2.03. The number of halogens is 1. The fraction of sp³-hybridized carbons (Fsp3) is 0.200. The Balaban J connectivity index is 2.46. The zero-order valence-corrected chi connectivity index (χ0v) is 9.04. The minimum atomic E-state index is 0.962. The van der Waals surface area contributed by atoms with E-state index < -0.39 is 0 Å².